The zero-order valence-corrected chi connectivity index (χ0v) is 20.1. The van der Waals surface area contributed by atoms with Crippen LogP contribution in [0.4, 0.5) is 0 Å². The maximum atomic E-state index is 6.04. The SMILES string of the molecule is CN=C(NC1CCc2nnc(C(C)C)n2C1)NC1C2CCCOC2C1(C)C.I. The summed E-state index contributed by atoms with van der Waals surface area (Å²) in [7, 11) is 1.86. The van der Waals surface area contributed by atoms with E-state index in [1.54, 1.807) is 0 Å². The summed E-state index contributed by atoms with van der Waals surface area (Å²) < 4.78 is 8.32. The molecule has 0 radical (unpaired) electrons. The lowest BCUT2D eigenvalue weighted by Gasteiger charge is -2.60. The molecule has 7 nitrogen and oxygen atoms in total. The van der Waals surface area contributed by atoms with Crippen molar-refractivity contribution in [3.05, 3.63) is 11.6 Å². The first kappa shape index (κ1) is 21.8. The number of aromatic nitrogens is 3. The summed E-state index contributed by atoms with van der Waals surface area (Å²) in [6.07, 6.45) is 4.80. The second kappa shape index (κ2) is 8.45. The summed E-state index contributed by atoms with van der Waals surface area (Å²) in [5, 5.41) is 16.1. The molecule has 2 N–H and O–H groups in total. The van der Waals surface area contributed by atoms with Crippen LogP contribution in [0.2, 0.25) is 0 Å². The molecule has 2 fully saturated rings. The topological polar surface area (TPSA) is 76.4 Å². The van der Waals surface area contributed by atoms with E-state index in [0.29, 0.717) is 30.0 Å². The van der Waals surface area contributed by atoms with E-state index in [1.807, 2.05) is 7.05 Å². The smallest absolute Gasteiger partial charge is 0.191 e. The number of fused-ring (bicyclic) bond motifs is 2. The molecule has 28 heavy (non-hydrogen) atoms. The Hall–Kier alpha value is -0.900. The molecule has 4 atom stereocenters. The summed E-state index contributed by atoms with van der Waals surface area (Å²) in [6, 6.07) is 0.757. The van der Waals surface area contributed by atoms with Crippen molar-refractivity contribution in [1.82, 2.24) is 25.4 Å². The molecule has 2 aliphatic heterocycles. The van der Waals surface area contributed by atoms with Crippen LogP contribution in [0.5, 0.6) is 0 Å². The summed E-state index contributed by atoms with van der Waals surface area (Å²) in [5.41, 5.74) is 0.140. The third-order valence-corrected chi connectivity index (χ3v) is 6.68. The normalized spacial score (nSPS) is 31.3. The molecule has 1 saturated carbocycles. The molecule has 158 valence electrons. The molecule has 1 aliphatic carbocycles. The van der Waals surface area contributed by atoms with Gasteiger partial charge in [0.1, 0.15) is 11.6 Å². The van der Waals surface area contributed by atoms with Crippen LogP contribution in [0.15, 0.2) is 4.99 Å². The fourth-order valence-corrected chi connectivity index (χ4v) is 5.22. The predicted octanol–water partition coefficient (Wildman–Crippen LogP) is 2.70. The molecule has 0 aromatic carbocycles. The van der Waals surface area contributed by atoms with Gasteiger partial charge < -0.3 is 19.9 Å². The Morgan fingerprint density at radius 3 is 2.75 bits per heavy atom. The molecule has 3 heterocycles. The van der Waals surface area contributed by atoms with E-state index in [-0.39, 0.29) is 29.4 Å². The van der Waals surface area contributed by atoms with Crippen LogP contribution in [0.1, 0.15) is 64.5 Å². The van der Waals surface area contributed by atoms with Crippen molar-refractivity contribution in [2.24, 2.45) is 16.3 Å². The molecule has 1 aromatic heterocycles. The van der Waals surface area contributed by atoms with E-state index < -0.39 is 0 Å². The number of hydrogen-bond acceptors (Lipinski definition) is 4. The summed E-state index contributed by atoms with van der Waals surface area (Å²) in [4.78, 5) is 4.52. The van der Waals surface area contributed by atoms with E-state index in [0.717, 1.165) is 43.6 Å². The number of aliphatic imine (C=N–C) groups is 1. The lowest BCUT2D eigenvalue weighted by Crippen LogP contribution is -2.71. The highest BCUT2D eigenvalue weighted by Gasteiger charge is 2.58. The number of nitrogens with zero attached hydrogens (tertiary/aromatic N) is 4. The maximum absolute atomic E-state index is 6.04. The lowest BCUT2D eigenvalue weighted by atomic mass is 9.55. The van der Waals surface area contributed by atoms with Gasteiger partial charge in [-0.3, -0.25) is 4.99 Å². The largest absolute Gasteiger partial charge is 0.377 e. The van der Waals surface area contributed by atoms with Crippen molar-refractivity contribution in [1.29, 1.82) is 0 Å². The van der Waals surface area contributed by atoms with Gasteiger partial charge in [0.2, 0.25) is 0 Å². The van der Waals surface area contributed by atoms with Crippen molar-refractivity contribution in [2.75, 3.05) is 13.7 Å². The third kappa shape index (κ3) is 3.78. The molecule has 0 amide bonds. The van der Waals surface area contributed by atoms with E-state index in [4.69, 9.17) is 4.74 Å². The number of rotatable bonds is 3. The standard InChI is InChI=1S/C20H34N6O.HI/c1-12(2)18-25-24-15-9-8-13(11-26(15)18)22-19(21-5)23-16-14-7-6-10-27-17(14)20(16,3)4;/h12-14,16-17H,6-11H2,1-5H3,(H2,21,22,23);1H. The minimum absolute atomic E-state index is 0. The summed E-state index contributed by atoms with van der Waals surface area (Å²) in [6.45, 7) is 10.8. The first-order valence-electron chi connectivity index (χ1n) is 10.4. The average molecular weight is 502 g/mol. The van der Waals surface area contributed by atoms with Crippen molar-refractivity contribution in [2.45, 2.75) is 84.0 Å². The van der Waals surface area contributed by atoms with Gasteiger partial charge in [0.05, 0.1) is 6.10 Å². The third-order valence-electron chi connectivity index (χ3n) is 6.68. The lowest BCUT2D eigenvalue weighted by molar-refractivity contribution is -0.188. The van der Waals surface area contributed by atoms with Crippen LogP contribution < -0.4 is 10.6 Å². The van der Waals surface area contributed by atoms with Crippen molar-refractivity contribution < 1.29 is 4.74 Å². The van der Waals surface area contributed by atoms with Gasteiger partial charge in [0.25, 0.3) is 0 Å². The fourth-order valence-electron chi connectivity index (χ4n) is 5.22. The molecule has 0 spiro atoms. The van der Waals surface area contributed by atoms with E-state index in [2.05, 4.69) is 58.1 Å². The molecule has 0 bridgehead atoms. The highest BCUT2D eigenvalue weighted by atomic mass is 127. The highest BCUT2D eigenvalue weighted by Crippen LogP contribution is 2.51. The summed E-state index contributed by atoms with van der Waals surface area (Å²) >= 11 is 0. The Morgan fingerprint density at radius 2 is 2.04 bits per heavy atom. The predicted molar refractivity (Wildman–Crippen MR) is 121 cm³/mol. The van der Waals surface area contributed by atoms with Crippen LogP contribution in [-0.2, 0) is 17.7 Å². The average Bonchev–Trinajstić information content (AvgIpc) is 3.08. The molecule has 4 rings (SSSR count). The molecule has 8 heteroatoms. The first-order chi connectivity index (χ1) is 12.9. The van der Waals surface area contributed by atoms with Gasteiger partial charge in [-0.15, -0.1) is 34.2 Å². The molecular weight excluding hydrogens is 467 g/mol. The molecule has 3 aliphatic rings. The van der Waals surface area contributed by atoms with E-state index in [9.17, 15) is 0 Å². The van der Waals surface area contributed by atoms with Crippen molar-refractivity contribution >= 4 is 29.9 Å². The molecule has 1 aromatic rings. The quantitative estimate of drug-likeness (QED) is 0.378. The number of hydrogen-bond donors (Lipinski definition) is 2. The van der Waals surface area contributed by atoms with Gasteiger partial charge in [0, 0.05) is 56.0 Å². The Bertz CT molecular complexity index is 716. The fraction of sp³-hybridized carbons (Fsp3) is 0.850. The van der Waals surface area contributed by atoms with Gasteiger partial charge in [-0.1, -0.05) is 27.7 Å². The first-order valence-corrected chi connectivity index (χ1v) is 10.4. The van der Waals surface area contributed by atoms with Crippen molar-refractivity contribution in [3.63, 3.8) is 0 Å². The van der Waals surface area contributed by atoms with Crippen LogP contribution in [0.25, 0.3) is 0 Å². The second-order valence-corrected chi connectivity index (χ2v) is 9.23. The number of aryl methyl sites for hydroxylation is 1. The van der Waals surface area contributed by atoms with Gasteiger partial charge in [-0.2, -0.15) is 0 Å². The van der Waals surface area contributed by atoms with Gasteiger partial charge >= 0.3 is 0 Å². The summed E-state index contributed by atoms with van der Waals surface area (Å²) in [5.74, 6) is 4.09. The highest BCUT2D eigenvalue weighted by molar-refractivity contribution is 14.0. The Morgan fingerprint density at radius 1 is 1.25 bits per heavy atom. The van der Waals surface area contributed by atoms with Crippen LogP contribution in [0, 0.1) is 11.3 Å². The Balaban J connectivity index is 0.00000225. The zero-order valence-electron chi connectivity index (χ0n) is 17.7. The van der Waals surface area contributed by atoms with Crippen LogP contribution >= 0.6 is 24.0 Å². The van der Waals surface area contributed by atoms with Gasteiger partial charge in [0.15, 0.2) is 5.96 Å². The molecular formula is C20H35IN6O. The van der Waals surface area contributed by atoms with Crippen molar-refractivity contribution in [3.8, 4) is 0 Å². The Labute approximate surface area is 185 Å². The number of ether oxygens (including phenoxy) is 1. The van der Waals surface area contributed by atoms with Gasteiger partial charge in [-0.05, 0) is 19.3 Å². The molecule has 4 unspecified atom stereocenters. The minimum Gasteiger partial charge on any atom is -0.377 e. The maximum Gasteiger partial charge on any atom is 0.191 e. The minimum atomic E-state index is 0. The zero-order chi connectivity index (χ0) is 19.2. The van der Waals surface area contributed by atoms with E-state index >= 15 is 0 Å². The van der Waals surface area contributed by atoms with E-state index in [1.165, 1.54) is 12.8 Å². The number of guanidine groups is 1. The van der Waals surface area contributed by atoms with Crippen LogP contribution in [-0.4, -0.2) is 52.6 Å². The second-order valence-electron chi connectivity index (χ2n) is 9.23. The Kier molecular flexibility index (Phi) is 6.58. The van der Waals surface area contributed by atoms with Gasteiger partial charge in [-0.25, -0.2) is 0 Å². The molecule has 1 saturated heterocycles. The van der Waals surface area contributed by atoms with Crippen LogP contribution in [0.3, 0.4) is 0 Å². The number of nitrogens with one attached hydrogen (secondary N) is 2. The monoisotopic (exact) mass is 502 g/mol. The number of halogens is 1.